The first kappa shape index (κ1) is 21.9. The van der Waals surface area contributed by atoms with E-state index in [0.717, 1.165) is 0 Å². The number of aromatic nitrogens is 3. The Bertz CT molecular complexity index is 1110. The highest BCUT2D eigenvalue weighted by Gasteiger charge is 2.26. The Labute approximate surface area is 183 Å². The van der Waals surface area contributed by atoms with Gasteiger partial charge in [-0.25, -0.2) is 4.98 Å². The van der Waals surface area contributed by atoms with Gasteiger partial charge in [-0.15, -0.1) is 0 Å². The van der Waals surface area contributed by atoms with Gasteiger partial charge in [0.25, 0.3) is 5.56 Å². The summed E-state index contributed by atoms with van der Waals surface area (Å²) in [5, 5.41) is 4.56. The fourth-order valence-electron chi connectivity index (χ4n) is 3.12. The van der Waals surface area contributed by atoms with Gasteiger partial charge in [0, 0.05) is 41.7 Å². The van der Waals surface area contributed by atoms with E-state index in [1.54, 1.807) is 37.2 Å². The Hall–Kier alpha value is -2.84. The maximum atomic E-state index is 12.9. The first-order valence-corrected chi connectivity index (χ1v) is 9.75. The predicted octanol–water partition coefficient (Wildman–Crippen LogP) is 3.71. The number of carbonyl (C=O) groups excluding carboxylic acids is 1. The SMILES string of the molecule is COc1c(C(=O)Cc2cnoc2)nc(N(C)C(C)c2c(Cl)cccc2Cl)n(C)c1=O. The zero-order chi connectivity index (χ0) is 22.0. The minimum absolute atomic E-state index is 0.0327. The molecule has 158 valence electrons. The smallest absolute Gasteiger partial charge is 0.297 e. The molecule has 1 unspecified atom stereocenters. The number of halogens is 2. The summed E-state index contributed by atoms with van der Waals surface area (Å²) in [7, 11) is 4.62. The van der Waals surface area contributed by atoms with Crippen molar-refractivity contribution in [3.63, 3.8) is 0 Å². The highest BCUT2D eigenvalue weighted by molar-refractivity contribution is 6.36. The lowest BCUT2D eigenvalue weighted by Gasteiger charge is -2.29. The van der Waals surface area contributed by atoms with Crippen LogP contribution in [0, 0.1) is 0 Å². The summed E-state index contributed by atoms with van der Waals surface area (Å²) in [6, 6.07) is 4.89. The summed E-state index contributed by atoms with van der Waals surface area (Å²) in [5.74, 6) is -0.261. The maximum Gasteiger partial charge on any atom is 0.297 e. The Morgan fingerprint density at radius 1 is 1.33 bits per heavy atom. The number of ketones is 1. The second kappa shape index (κ2) is 8.89. The van der Waals surface area contributed by atoms with Gasteiger partial charge >= 0.3 is 0 Å². The number of hydrogen-bond donors (Lipinski definition) is 0. The monoisotopic (exact) mass is 450 g/mol. The van der Waals surface area contributed by atoms with E-state index in [4.69, 9.17) is 32.5 Å². The highest BCUT2D eigenvalue weighted by Crippen LogP contribution is 2.34. The van der Waals surface area contributed by atoms with Crippen molar-refractivity contribution in [1.29, 1.82) is 0 Å². The molecule has 0 bridgehead atoms. The molecule has 3 aromatic rings. The number of ether oxygens (including phenoxy) is 1. The van der Waals surface area contributed by atoms with Crippen LogP contribution in [-0.2, 0) is 13.5 Å². The number of anilines is 1. The normalized spacial score (nSPS) is 11.9. The molecule has 2 heterocycles. The zero-order valence-corrected chi connectivity index (χ0v) is 18.4. The molecule has 30 heavy (non-hydrogen) atoms. The first-order valence-electron chi connectivity index (χ1n) is 8.99. The largest absolute Gasteiger partial charge is 0.489 e. The van der Waals surface area contributed by atoms with E-state index in [2.05, 4.69) is 10.1 Å². The van der Waals surface area contributed by atoms with E-state index in [9.17, 15) is 9.59 Å². The lowest BCUT2D eigenvalue weighted by molar-refractivity contribution is 0.0984. The van der Waals surface area contributed by atoms with Gasteiger partial charge in [-0.3, -0.25) is 14.2 Å². The van der Waals surface area contributed by atoms with Crippen molar-refractivity contribution in [3.05, 3.63) is 67.9 Å². The molecule has 0 N–H and O–H groups in total. The van der Waals surface area contributed by atoms with Crippen LogP contribution in [0.4, 0.5) is 5.95 Å². The van der Waals surface area contributed by atoms with Crippen molar-refractivity contribution < 1.29 is 14.1 Å². The second-order valence-corrected chi connectivity index (χ2v) is 7.53. The standard InChI is InChI=1S/C20H20Cl2N4O4/c1-11(16-13(21)6-5-7-14(16)22)25(2)20-24-17(18(29-4)19(28)26(20)3)15(27)8-12-9-23-30-10-12/h5-7,9-11H,8H2,1-4H3. The molecule has 0 aliphatic heterocycles. The number of Topliss-reactive ketones (excluding diaryl/α,β-unsaturated/α-hetero) is 1. The summed E-state index contributed by atoms with van der Waals surface area (Å²) in [6.45, 7) is 1.88. The van der Waals surface area contributed by atoms with Crippen molar-refractivity contribution in [2.24, 2.45) is 7.05 Å². The minimum Gasteiger partial charge on any atom is -0.489 e. The Balaban J connectivity index is 2.07. The van der Waals surface area contributed by atoms with E-state index in [1.807, 2.05) is 6.92 Å². The van der Waals surface area contributed by atoms with Crippen LogP contribution in [0.1, 0.15) is 34.6 Å². The van der Waals surface area contributed by atoms with E-state index in [-0.39, 0.29) is 29.9 Å². The summed E-state index contributed by atoms with van der Waals surface area (Å²) in [5.41, 5.74) is 0.697. The molecular weight excluding hydrogens is 431 g/mol. The summed E-state index contributed by atoms with van der Waals surface area (Å²) >= 11 is 12.7. The third-order valence-corrected chi connectivity index (χ3v) is 5.52. The molecule has 0 spiro atoms. The Morgan fingerprint density at radius 2 is 2.00 bits per heavy atom. The first-order chi connectivity index (χ1) is 14.3. The van der Waals surface area contributed by atoms with Crippen LogP contribution in [0.3, 0.4) is 0 Å². The molecular formula is C20H20Cl2N4O4. The second-order valence-electron chi connectivity index (χ2n) is 6.71. The number of nitrogens with zero attached hydrogens (tertiary/aromatic N) is 4. The topological polar surface area (TPSA) is 90.5 Å². The van der Waals surface area contributed by atoms with Crippen LogP contribution in [0.15, 0.2) is 40.0 Å². The molecule has 1 atom stereocenters. The van der Waals surface area contributed by atoms with Crippen molar-refractivity contribution >= 4 is 34.9 Å². The van der Waals surface area contributed by atoms with Gasteiger partial charge < -0.3 is 14.2 Å². The number of benzene rings is 1. The van der Waals surface area contributed by atoms with Crippen LogP contribution in [0.5, 0.6) is 5.75 Å². The molecule has 0 aliphatic carbocycles. The third kappa shape index (κ3) is 4.06. The molecule has 0 amide bonds. The van der Waals surface area contributed by atoms with Gasteiger partial charge in [-0.1, -0.05) is 34.4 Å². The zero-order valence-electron chi connectivity index (χ0n) is 16.8. The van der Waals surface area contributed by atoms with E-state index in [1.165, 1.54) is 24.1 Å². The Morgan fingerprint density at radius 3 is 2.57 bits per heavy atom. The summed E-state index contributed by atoms with van der Waals surface area (Å²) in [6.07, 6.45) is 2.76. The lowest BCUT2D eigenvalue weighted by atomic mass is 10.1. The van der Waals surface area contributed by atoms with Crippen LogP contribution < -0.4 is 15.2 Å². The number of carbonyl (C=O) groups is 1. The fraction of sp³-hybridized carbons (Fsp3) is 0.300. The summed E-state index contributed by atoms with van der Waals surface area (Å²) in [4.78, 5) is 31.9. The van der Waals surface area contributed by atoms with Crippen molar-refractivity contribution in [1.82, 2.24) is 14.7 Å². The van der Waals surface area contributed by atoms with Gasteiger partial charge in [0.2, 0.25) is 11.7 Å². The van der Waals surface area contributed by atoms with Crippen molar-refractivity contribution in [2.75, 3.05) is 19.1 Å². The molecule has 10 heteroatoms. The van der Waals surface area contributed by atoms with E-state index >= 15 is 0 Å². The van der Waals surface area contributed by atoms with Crippen LogP contribution in [0.25, 0.3) is 0 Å². The molecule has 3 rings (SSSR count). The van der Waals surface area contributed by atoms with Gasteiger partial charge in [0.15, 0.2) is 11.5 Å². The average molecular weight is 451 g/mol. The van der Waals surface area contributed by atoms with E-state index in [0.29, 0.717) is 21.2 Å². The molecule has 0 saturated carbocycles. The van der Waals surface area contributed by atoms with Gasteiger partial charge in [-0.05, 0) is 19.1 Å². The van der Waals surface area contributed by atoms with Gasteiger partial charge in [-0.2, -0.15) is 0 Å². The van der Waals surface area contributed by atoms with Crippen LogP contribution in [0.2, 0.25) is 10.0 Å². The third-order valence-electron chi connectivity index (χ3n) is 4.86. The maximum absolute atomic E-state index is 12.9. The molecule has 0 saturated heterocycles. The van der Waals surface area contributed by atoms with E-state index < -0.39 is 11.3 Å². The highest BCUT2D eigenvalue weighted by atomic mass is 35.5. The van der Waals surface area contributed by atoms with Crippen LogP contribution in [-0.4, -0.2) is 34.6 Å². The molecule has 8 nitrogen and oxygen atoms in total. The summed E-state index contributed by atoms with van der Waals surface area (Å²) < 4.78 is 11.3. The number of methoxy groups -OCH3 is 1. The quantitative estimate of drug-likeness (QED) is 0.506. The van der Waals surface area contributed by atoms with Crippen LogP contribution >= 0.6 is 23.2 Å². The predicted molar refractivity (Wildman–Crippen MR) is 114 cm³/mol. The molecule has 2 aromatic heterocycles. The molecule has 1 aromatic carbocycles. The van der Waals surface area contributed by atoms with Gasteiger partial charge in [0.05, 0.1) is 19.3 Å². The number of rotatable bonds is 7. The molecule has 0 radical (unpaired) electrons. The number of hydrogen-bond acceptors (Lipinski definition) is 7. The van der Waals surface area contributed by atoms with Crippen molar-refractivity contribution in [2.45, 2.75) is 19.4 Å². The fourth-order valence-corrected chi connectivity index (χ4v) is 3.83. The average Bonchev–Trinajstić information content (AvgIpc) is 3.22. The van der Waals surface area contributed by atoms with Crippen molar-refractivity contribution in [3.8, 4) is 5.75 Å². The van der Waals surface area contributed by atoms with Gasteiger partial charge in [0.1, 0.15) is 6.26 Å². The molecule has 0 fully saturated rings. The lowest BCUT2D eigenvalue weighted by Crippen LogP contribution is -2.33. The Kier molecular flexibility index (Phi) is 6.48. The minimum atomic E-state index is -0.486. The molecule has 0 aliphatic rings.